The lowest BCUT2D eigenvalue weighted by Crippen LogP contribution is -2.35. The number of aromatic nitrogens is 1. The number of hydrogen-bond donors (Lipinski definition) is 2. The second-order valence-corrected chi connectivity index (χ2v) is 7.47. The summed E-state index contributed by atoms with van der Waals surface area (Å²) in [5.74, 6) is -0.419. The van der Waals surface area contributed by atoms with E-state index < -0.39 is 0 Å². The predicted octanol–water partition coefficient (Wildman–Crippen LogP) is 3.36. The zero-order valence-corrected chi connectivity index (χ0v) is 16.7. The SMILES string of the molecule is O=C(NCc1ccc(Cl)cc1)c1cnc2c(CN3CCOCC3)cccc2c1O. The van der Waals surface area contributed by atoms with E-state index in [4.69, 9.17) is 16.3 Å². The van der Waals surface area contributed by atoms with Crippen LogP contribution < -0.4 is 5.32 Å². The molecule has 0 radical (unpaired) electrons. The molecule has 2 N–H and O–H groups in total. The lowest BCUT2D eigenvalue weighted by molar-refractivity contribution is 0.0343. The van der Waals surface area contributed by atoms with Crippen molar-refractivity contribution in [3.05, 3.63) is 70.4 Å². The minimum absolute atomic E-state index is 0.0487. The Balaban J connectivity index is 1.53. The summed E-state index contributed by atoms with van der Waals surface area (Å²) in [5.41, 5.74) is 2.82. The quantitative estimate of drug-likeness (QED) is 0.673. The first-order valence-corrected chi connectivity index (χ1v) is 9.92. The number of nitrogens with one attached hydrogen (secondary N) is 1. The minimum atomic E-state index is -0.370. The van der Waals surface area contributed by atoms with Gasteiger partial charge < -0.3 is 15.2 Å². The van der Waals surface area contributed by atoms with Gasteiger partial charge in [0.1, 0.15) is 11.3 Å². The number of halogens is 1. The van der Waals surface area contributed by atoms with Crippen LogP contribution in [0.2, 0.25) is 5.02 Å². The maximum atomic E-state index is 12.6. The van der Waals surface area contributed by atoms with Crippen molar-refractivity contribution >= 4 is 28.4 Å². The fourth-order valence-corrected chi connectivity index (χ4v) is 3.57. The van der Waals surface area contributed by atoms with E-state index >= 15 is 0 Å². The van der Waals surface area contributed by atoms with Gasteiger partial charge >= 0.3 is 0 Å². The van der Waals surface area contributed by atoms with Gasteiger partial charge in [-0.25, -0.2) is 0 Å². The third-order valence-corrected chi connectivity index (χ3v) is 5.31. The van der Waals surface area contributed by atoms with Crippen LogP contribution in [0.15, 0.2) is 48.7 Å². The number of pyridine rings is 1. The summed E-state index contributed by atoms with van der Waals surface area (Å²) in [4.78, 5) is 19.4. The van der Waals surface area contributed by atoms with Gasteiger partial charge in [0.05, 0.1) is 18.7 Å². The minimum Gasteiger partial charge on any atom is -0.506 e. The number of hydrogen-bond acceptors (Lipinski definition) is 5. The Morgan fingerprint density at radius 3 is 2.69 bits per heavy atom. The number of nitrogens with zero attached hydrogens (tertiary/aromatic N) is 2. The van der Waals surface area contributed by atoms with Crippen LogP contribution in [0.3, 0.4) is 0 Å². The van der Waals surface area contributed by atoms with Gasteiger partial charge in [0.15, 0.2) is 0 Å². The summed E-state index contributed by atoms with van der Waals surface area (Å²) in [7, 11) is 0. The maximum absolute atomic E-state index is 12.6. The van der Waals surface area contributed by atoms with Gasteiger partial charge in [-0.3, -0.25) is 14.7 Å². The van der Waals surface area contributed by atoms with Gasteiger partial charge in [0, 0.05) is 42.8 Å². The molecule has 150 valence electrons. The first-order valence-electron chi connectivity index (χ1n) is 9.54. The van der Waals surface area contributed by atoms with Crippen molar-refractivity contribution in [3.63, 3.8) is 0 Å². The van der Waals surface area contributed by atoms with E-state index in [1.165, 1.54) is 6.20 Å². The summed E-state index contributed by atoms with van der Waals surface area (Å²) in [6, 6.07) is 12.9. The van der Waals surface area contributed by atoms with Crippen LogP contribution in [0.5, 0.6) is 5.75 Å². The zero-order chi connectivity index (χ0) is 20.2. The molecule has 6 nitrogen and oxygen atoms in total. The van der Waals surface area contributed by atoms with Gasteiger partial charge in [0.25, 0.3) is 5.91 Å². The number of morpholine rings is 1. The Bertz CT molecular complexity index is 1020. The second-order valence-electron chi connectivity index (χ2n) is 7.03. The van der Waals surface area contributed by atoms with Crippen LogP contribution in [0.25, 0.3) is 10.9 Å². The Labute approximate surface area is 174 Å². The lowest BCUT2D eigenvalue weighted by Gasteiger charge is -2.26. The van der Waals surface area contributed by atoms with Crippen LogP contribution >= 0.6 is 11.6 Å². The molecular weight excluding hydrogens is 390 g/mol. The van der Waals surface area contributed by atoms with Crippen LogP contribution in [-0.4, -0.2) is 47.2 Å². The van der Waals surface area contributed by atoms with E-state index in [0.29, 0.717) is 22.5 Å². The van der Waals surface area contributed by atoms with E-state index in [1.807, 2.05) is 24.3 Å². The Morgan fingerprint density at radius 2 is 1.93 bits per heavy atom. The number of carbonyl (C=O) groups is 1. The molecule has 29 heavy (non-hydrogen) atoms. The van der Waals surface area contributed by atoms with Gasteiger partial charge in [-0.2, -0.15) is 0 Å². The fraction of sp³-hybridized carbons (Fsp3) is 0.273. The molecule has 0 atom stereocenters. The van der Waals surface area contributed by atoms with Crippen molar-refractivity contribution in [2.45, 2.75) is 13.1 Å². The molecule has 4 rings (SSSR count). The van der Waals surface area contributed by atoms with Crippen molar-refractivity contribution < 1.29 is 14.6 Å². The molecule has 0 unspecified atom stereocenters. The highest BCUT2D eigenvalue weighted by Crippen LogP contribution is 2.29. The second kappa shape index (κ2) is 8.78. The number of benzene rings is 2. The monoisotopic (exact) mass is 411 g/mol. The highest BCUT2D eigenvalue weighted by Gasteiger charge is 2.18. The molecule has 2 heterocycles. The largest absolute Gasteiger partial charge is 0.506 e. The smallest absolute Gasteiger partial charge is 0.256 e. The highest BCUT2D eigenvalue weighted by atomic mass is 35.5. The topological polar surface area (TPSA) is 74.7 Å². The average Bonchev–Trinajstić information content (AvgIpc) is 2.75. The summed E-state index contributed by atoms with van der Waals surface area (Å²) < 4.78 is 5.40. The number of ether oxygens (including phenoxy) is 1. The molecule has 0 spiro atoms. The first kappa shape index (κ1) is 19.6. The molecule has 1 saturated heterocycles. The average molecular weight is 412 g/mol. The fourth-order valence-electron chi connectivity index (χ4n) is 3.44. The molecule has 1 aliphatic rings. The molecule has 1 aliphatic heterocycles. The Morgan fingerprint density at radius 1 is 1.17 bits per heavy atom. The Kier molecular flexibility index (Phi) is 5.94. The number of amides is 1. The van der Waals surface area contributed by atoms with Gasteiger partial charge in [0.2, 0.25) is 0 Å². The molecule has 0 bridgehead atoms. The number of rotatable bonds is 5. The number of fused-ring (bicyclic) bond motifs is 1. The standard InChI is InChI=1S/C22H22ClN3O3/c23-17-6-4-15(5-7-17)12-25-22(28)19-13-24-20-16(2-1-3-18(20)21(19)27)14-26-8-10-29-11-9-26/h1-7,13H,8-12,14H2,(H,24,27)(H,25,28). The third kappa shape index (κ3) is 4.50. The van der Waals surface area contributed by atoms with Crippen molar-refractivity contribution in [3.8, 4) is 5.75 Å². The van der Waals surface area contributed by atoms with E-state index in [2.05, 4.69) is 15.2 Å². The Hall–Kier alpha value is -2.67. The van der Waals surface area contributed by atoms with Crippen molar-refractivity contribution in [1.82, 2.24) is 15.2 Å². The third-order valence-electron chi connectivity index (χ3n) is 5.06. The molecule has 0 saturated carbocycles. The summed E-state index contributed by atoms with van der Waals surface area (Å²) in [5, 5.41) is 14.8. The molecular formula is C22H22ClN3O3. The van der Waals surface area contributed by atoms with Crippen molar-refractivity contribution in [2.24, 2.45) is 0 Å². The van der Waals surface area contributed by atoms with E-state index in [1.54, 1.807) is 18.2 Å². The van der Waals surface area contributed by atoms with Gasteiger partial charge in [-0.1, -0.05) is 35.9 Å². The predicted molar refractivity (Wildman–Crippen MR) is 112 cm³/mol. The van der Waals surface area contributed by atoms with Crippen LogP contribution in [-0.2, 0) is 17.8 Å². The number of aromatic hydroxyl groups is 1. The molecule has 1 aromatic heterocycles. The van der Waals surface area contributed by atoms with Crippen LogP contribution in [0, 0.1) is 0 Å². The molecule has 2 aromatic carbocycles. The lowest BCUT2D eigenvalue weighted by atomic mass is 10.1. The van der Waals surface area contributed by atoms with Crippen molar-refractivity contribution in [1.29, 1.82) is 0 Å². The summed E-state index contributed by atoms with van der Waals surface area (Å²) >= 11 is 5.88. The number of carbonyl (C=O) groups excluding carboxylic acids is 1. The molecule has 7 heteroatoms. The molecule has 0 aliphatic carbocycles. The van der Waals surface area contributed by atoms with Gasteiger partial charge in [-0.15, -0.1) is 0 Å². The molecule has 1 amide bonds. The van der Waals surface area contributed by atoms with E-state index in [9.17, 15) is 9.90 Å². The molecule has 1 fully saturated rings. The normalized spacial score (nSPS) is 14.8. The maximum Gasteiger partial charge on any atom is 0.256 e. The highest BCUT2D eigenvalue weighted by molar-refractivity contribution is 6.30. The van der Waals surface area contributed by atoms with Crippen LogP contribution in [0.4, 0.5) is 0 Å². The van der Waals surface area contributed by atoms with E-state index in [0.717, 1.165) is 44.0 Å². The molecule has 3 aromatic rings. The van der Waals surface area contributed by atoms with Gasteiger partial charge in [-0.05, 0) is 29.3 Å². The first-order chi connectivity index (χ1) is 14.1. The van der Waals surface area contributed by atoms with Crippen molar-refractivity contribution in [2.75, 3.05) is 26.3 Å². The summed E-state index contributed by atoms with van der Waals surface area (Å²) in [6.07, 6.45) is 1.44. The zero-order valence-electron chi connectivity index (χ0n) is 15.9. The number of para-hydroxylation sites is 1. The van der Waals surface area contributed by atoms with E-state index in [-0.39, 0.29) is 17.2 Å². The summed E-state index contributed by atoms with van der Waals surface area (Å²) in [6.45, 7) is 4.25. The van der Waals surface area contributed by atoms with Crippen LogP contribution in [0.1, 0.15) is 21.5 Å².